The monoisotopic (exact) mass is 358 g/mol. The number of hydrogen-bond acceptors (Lipinski definition) is 5. The summed E-state index contributed by atoms with van der Waals surface area (Å²) in [5.41, 5.74) is -0.592. The predicted octanol–water partition coefficient (Wildman–Crippen LogP) is 2.45. The van der Waals surface area contributed by atoms with Crippen molar-refractivity contribution in [3.05, 3.63) is 48.5 Å². The highest BCUT2D eigenvalue weighted by atomic mass is 16.5. The number of carbonyl (C=O) groups excluding carboxylic acids is 1. The van der Waals surface area contributed by atoms with Crippen LogP contribution in [-0.4, -0.2) is 53.6 Å². The van der Waals surface area contributed by atoms with E-state index in [2.05, 4.69) is 5.32 Å². The second kappa shape index (κ2) is 7.63. The SMILES string of the molecule is COc1ccccc1Oc1ccc(NC(=O)N2CC[C@](O)(CO)C2)cc1. The second-order valence-electron chi connectivity index (χ2n) is 6.26. The Labute approximate surface area is 151 Å². The van der Waals surface area contributed by atoms with Crippen molar-refractivity contribution in [3.63, 3.8) is 0 Å². The number of aliphatic hydroxyl groups excluding tert-OH is 1. The molecule has 1 aliphatic rings. The van der Waals surface area contributed by atoms with Gasteiger partial charge in [0.1, 0.15) is 11.4 Å². The Morgan fingerprint density at radius 3 is 2.50 bits per heavy atom. The molecule has 26 heavy (non-hydrogen) atoms. The van der Waals surface area contributed by atoms with Crippen LogP contribution >= 0.6 is 0 Å². The molecular weight excluding hydrogens is 336 g/mol. The zero-order chi connectivity index (χ0) is 18.6. The number of methoxy groups -OCH3 is 1. The molecule has 0 aromatic heterocycles. The average molecular weight is 358 g/mol. The number of nitrogens with one attached hydrogen (secondary N) is 1. The molecule has 0 saturated carbocycles. The lowest BCUT2D eigenvalue weighted by molar-refractivity contribution is -0.00246. The summed E-state index contributed by atoms with van der Waals surface area (Å²) in [7, 11) is 1.58. The number of hydrogen-bond donors (Lipinski definition) is 3. The molecule has 0 bridgehead atoms. The third kappa shape index (κ3) is 4.07. The van der Waals surface area contributed by atoms with Crippen LogP contribution in [0.2, 0.25) is 0 Å². The Kier molecular flexibility index (Phi) is 5.29. The number of ether oxygens (including phenoxy) is 2. The van der Waals surface area contributed by atoms with Crippen molar-refractivity contribution in [2.45, 2.75) is 12.0 Å². The first-order valence-electron chi connectivity index (χ1n) is 8.33. The van der Waals surface area contributed by atoms with Crippen LogP contribution in [0.25, 0.3) is 0 Å². The number of amides is 2. The standard InChI is InChI=1S/C19H22N2O5/c1-25-16-4-2-3-5-17(16)26-15-8-6-14(7-9-15)20-18(23)21-11-10-19(24,12-21)13-22/h2-9,22,24H,10-13H2,1H3,(H,20,23)/t19-/m1/s1. The quantitative estimate of drug-likeness (QED) is 0.764. The summed E-state index contributed by atoms with van der Waals surface area (Å²) in [6, 6.07) is 14.0. The minimum atomic E-state index is -1.20. The zero-order valence-corrected chi connectivity index (χ0v) is 14.5. The van der Waals surface area contributed by atoms with Gasteiger partial charge < -0.3 is 29.9 Å². The van der Waals surface area contributed by atoms with E-state index in [1.807, 2.05) is 24.3 Å². The third-order valence-electron chi connectivity index (χ3n) is 4.32. The fraction of sp³-hybridized carbons (Fsp3) is 0.316. The van der Waals surface area contributed by atoms with Gasteiger partial charge in [-0.25, -0.2) is 4.79 Å². The van der Waals surface area contributed by atoms with Crippen molar-refractivity contribution < 1.29 is 24.5 Å². The molecule has 1 saturated heterocycles. The van der Waals surface area contributed by atoms with Crippen molar-refractivity contribution in [2.24, 2.45) is 0 Å². The molecule has 1 heterocycles. The number of anilines is 1. The molecule has 1 atom stereocenters. The van der Waals surface area contributed by atoms with E-state index in [-0.39, 0.29) is 19.2 Å². The molecule has 0 aliphatic carbocycles. The van der Waals surface area contributed by atoms with Crippen LogP contribution in [0.4, 0.5) is 10.5 Å². The summed E-state index contributed by atoms with van der Waals surface area (Å²) in [5, 5.41) is 22.0. The van der Waals surface area contributed by atoms with Gasteiger partial charge in [0.25, 0.3) is 0 Å². The van der Waals surface area contributed by atoms with Crippen molar-refractivity contribution >= 4 is 11.7 Å². The topological polar surface area (TPSA) is 91.3 Å². The molecule has 3 N–H and O–H groups in total. The summed E-state index contributed by atoms with van der Waals surface area (Å²) in [4.78, 5) is 13.7. The van der Waals surface area contributed by atoms with Gasteiger partial charge in [0.2, 0.25) is 0 Å². The molecule has 7 heteroatoms. The average Bonchev–Trinajstić information content (AvgIpc) is 3.07. The number of carbonyl (C=O) groups is 1. The molecule has 138 valence electrons. The first kappa shape index (κ1) is 18.0. The number of urea groups is 1. The maximum absolute atomic E-state index is 12.3. The van der Waals surface area contributed by atoms with E-state index in [1.54, 1.807) is 31.4 Å². The molecule has 2 aromatic rings. The number of β-amino-alcohol motifs (C(OH)–C–C–N with tert-alkyl or cyclic N) is 1. The largest absolute Gasteiger partial charge is 0.493 e. The highest BCUT2D eigenvalue weighted by Crippen LogP contribution is 2.31. The van der Waals surface area contributed by atoms with Gasteiger partial charge in [0.05, 0.1) is 20.3 Å². The lowest BCUT2D eigenvalue weighted by Gasteiger charge is -2.21. The molecule has 0 unspecified atom stereocenters. The van der Waals surface area contributed by atoms with Gasteiger partial charge in [-0.2, -0.15) is 0 Å². The van der Waals surface area contributed by atoms with E-state index in [4.69, 9.17) is 9.47 Å². The van der Waals surface area contributed by atoms with Gasteiger partial charge in [-0.3, -0.25) is 0 Å². The number of benzene rings is 2. The molecule has 0 radical (unpaired) electrons. The summed E-state index contributed by atoms with van der Waals surface area (Å²) in [6.45, 7) is 0.161. The number of para-hydroxylation sites is 2. The van der Waals surface area contributed by atoms with Crippen LogP contribution in [0.5, 0.6) is 17.2 Å². The predicted molar refractivity (Wildman–Crippen MR) is 96.8 cm³/mol. The Morgan fingerprint density at radius 1 is 1.19 bits per heavy atom. The molecule has 2 aromatic carbocycles. The Bertz CT molecular complexity index is 765. The fourth-order valence-corrected chi connectivity index (χ4v) is 2.80. The highest BCUT2D eigenvalue weighted by molar-refractivity contribution is 5.89. The third-order valence-corrected chi connectivity index (χ3v) is 4.32. The van der Waals surface area contributed by atoms with Gasteiger partial charge in [-0.05, 0) is 42.8 Å². The van der Waals surface area contributed by atoms with Gasteiger partial charge >= 0.3 is 6.03 Å². The summed E-state index contributed by atoms with van der Waals surface area (Å²) in [6.07, 6.45) is 0.364. The van der Waals surface area contributed by atoms with Gasteiger partial charge in [0, 0.05) is 12.2 Å². The molecule has 7 nitrogen and oxygen atoms in total. The zero-order valence-electron chi connectivity index (χ0n) is 14.5. The van der Waals surface area contributed by atoms with Crippen LogP contribution < -0.4 is 14.8 Å². The lowest BCUT2D eigenvalue weighted by Crippen LogP contribution is -2.40. The molecule has 0 spiro atoms. The van der Waals surface area contributed by atoms with E-state index in [1.165, 1.54) is 4.90 Å². The number of aliphatic hydroxyl groups is 2. The molecular formula is C19H22N2O5. The van der Waals surface area contributed by atoms with E-state index >= 15 is 0 Å². The lowest BCUT2D eigenvalue weighted by atomic mass is 10.1. The summed E-state index contributed by atoms with van der Waals surface area (Å²) < 4.78 is 11.0. The van der Waals surface area contributed by atoms with Crippen LogP contribution in [0.3, 0.4) is 0 Å². The highest BCUT2D eigenvalue weighted by Gasteiger charge is 2.37. The van der Waals surface area contributed by atoms with Crippen LogP contribution in [0, 0.1) is 0 Å². The van der Waals surface area contributed by atoms with Gasteiger partial charge in [-0.1, -0.05) is 12.1 Å². The van der Waals surface area contributed by atoms with Crippen molar-refractivity contribution in [2.75, 3.05) is 32.1 Å². The second-order valence-corrected chi connectivity index (χ2v) is 6.26. The number of nitrogens with zero attached hydrogens (tertiary/aromatic N) is 1. The van der Waals surface area contributed by atoms with Crippen LogP contribution in [-0.2, 0) is 0 Å². The van der Waals surface area contributed by atoms with E-state index in [0.29, 0.717) is 35.9 Å². The first-order chi connectivity index (χ1) is 12.5. The Balaban J connectivity index is 1.60. The first-order valence-corrected chi connectivity index (χ1v) is 8.33. The molecule has 1 aliphatic heterocycles. The molecule has 1 fully saturated rings. The van der Waals surface area contributed by atoms with E-state index in [9.17, 15) is 15.0 Å². The van der Waals surface area contributed by atoms with Crippen molar-refractivity contribution in [3.8, 4) is 17.2 Å². The summed E-state index contributed by atoms with van der Waals surface area (Å²) in [5.74, 6) is 1.85. The summed E-state index contributed by atoms with van der Waals surface area (Å²) >= 11 is 0. The van der Waals surface area contributed by atoms with Crippen LogP contribution in [0.1, 0.15) is 6.42 Å². The maximum Gasteiger partial charge on any atom is 0.321 e. The number of rotatable bonds is 5. The van der Waals surface area contributed by atoms with Gasteiger partial charge in [0.15, 0.2) is 11.5 Å². The van der Waals surface area contributed by atoms with Crippen molar-refractivity contribution in [1.82, 2.24) is 4.90 Å². The Hall–Kier alpha value is -2.77. The molecule has 2 amide bonds. The normalized spacial score (nSPS) is 19.3. The fourth-order valence-electron chi connectivity index (χ4n) is 2.80. The van der Waals surface area contributed by atoms with E-state index in [0.717, 1.165) is 0 Å². The van der Waals surface area contributed by atoms with E-state index < -0.39 is 5.60 Å². The minimum Gasteiger partial charge on any atom is -0.493 e. The Morgan fingerprint density at radius 2 is 1.88 bits per heavy atom. The number of likely N-dealkylation sites (tertiary alicyclic amines) is 1. The maximum atomic E-state index is 12.3. The smallest absolute Gasteiger partial charge is 0.321 e. The van der Waals surface area contributed by atoms with Crippen LogP contribution in [0.15, 0.2) is 48.5 Å². The van der Waals surface area contributed by atoms with Gasteiger partial charge in [-0.15, -0.1) is 0 Å². The molecule has 3 rings (SSSR count). The van der Waals surface area contributed by atoms with Crippen molar-refractivity contribution in [1.29, 1.82) is 0 Å². The minimum absolute atomic E-state index is 0.115.